The largest absolute Gasteiger partial charge is 0.494 e. The maximum atomic E-state index is 12.3. The van der Waals surface area contributed by atoms with E-state index >= 15 is 0 Å². The highest BCUT2D eigenvalue weighted by atomic mass is 16.5. The Balaban J connectivity index is 1.92. The highest BCUT2D eigenvalue weighted by molar-refractivity contribution is 5.97. The Morgan fingerprint density at radius 2 is 1.73 bits per heavy atom. The van der Waals surface area contributed by atoms with E-state index in [1.807, 2.05) is 71.0 Å². The third kappa shape index (κ3) is 3.69. The predicted molar refractivity (Wildman–Crippen MR) is 103 cm³/mol. The van der Waals surface area contributed by atoms with Crippen molar-refractivity contribution in [2.45, 2.75) is 34.6 Å². The van der Waals surface area contributed by atoms with E-state index in [9.17, 15) is 4.79 Å². The summed E-state index contributed by atoms with van der Waals surface area (Å²) in [6.45, 7) is 10.2. The fraction of sp³-hybridized carbons (Fsp3) is 0.350. The van der Waals surface area contributed by atoms with Crippen molar-refractivity contribution < 1.29 is 9.53 Å². The summed E-state index contributed by atoms with van der Waals surface area (Å²) in [6, 6.07) is 11.4. The average molecular weight is 352 g/mol. The minimum atomic E-state index is -0.457. The topological polar surface area (TPSA) is 69.0 Å². The second-order valence-electron chi connectivity index (χ2n) is 7.28. The van der Waals surface area contributed by atoms with Gasteiger partial charge >= 0.3 is 0 Å². The quantitative estimate of drug-likeness (QED) is 0.767. The van der Waals surface area contributed by atoms with Gasteiger partial charge in [0, 0.05) is 11.1 Å². The standard InChI is InChI=1S/C20H24N4O2/c1-6-26-15-9-7-14(8-10-15)24-22-17-11-13(2)16(12-18(17)23-24)21-19(25)20(3,4)5/h7-12H,6H2,1-5H3,(H,21,25). The molecule has 0 radical (unpaired) electrons. The van der Waals surface area contributed by atoms with Crippen molar-refractivity contribution in [1.29, 1.82) is 0 Å². The molecule has 136 valence electrons. The van der Waals surface area contributed by atoms with E-state index < -0.39 is 5.41 Å². The highest BCUT2D eigenvalue weighted by Gasteiger charge is 2.22. The second kappa shape index (κ2) is 6.78. The van der Waals surface area contributed by atoms with Gasteiger partial charge in [0.15, 0.2) is 0 Å². The number of anilines is 1. The molecule has 3 aromatic rings. The van der Waals surface area contributed by atoms with Crippen molar-refractivity contribution in [2.75, 3.05) is 11.9 Å². The number of ether oxygens (including phenoxy) is 1. The van der Waals surface area contributed by atoms with Gasteiger partial charge < -0.3 is 10.1 Å². The number of carbonyl (C=O) groups is 1. The number of benzene rings is 2. The number of hydrogen-bond donors (Lipinski definition) is 1. The molecule has 0 unspecified atom stereocenters. The van der Waals surface area contributed by atoms with Crippen molar-refractivity contribution >= 4 is 22.6 Å². The van der Waals surface area contributed by atoms with Gasteiger partial charge in [-0.15, -0.1) is 10.2 Å². The van der Waals surface area contributed by atoms with Crippen LogP contribution in [0.5, 0.6) is 5.75 Å². The number of amides is 1. The lowest BCUT2D eigenvalue weighted by Crippen LogP contribution is -2.27. The van der Waals surface area contributed by atoms with Crippen LogP contribution in [0.4, 0.5) is 5.69 Å². The molecule has 0 saturated heterocycles. The number of hydrogen-bond acceptors (Lipinski definition) is 4. The lowest BCUT2D eigenvalue weighted by Gasteiger charge is -2.18. The van der Waals surface area contributed by atoms with E-state index in [-0.39, 0.29) is 5.91 Å². The van der Waals surface area contributed by atoms with E-state index in [1.165, 1.54) is 0 Å². The smallest absolute Gasteiger partial charge is 0.229 e. The van der Waals surface area contributed by atoms with Crippen molar-refractivity contribution in [1.82, 2.24) is 15.0 Å². The lowest BCUT2D eigenvalue weighted by molar-refractivity contribution is -0.123. The summed E-state index contributed by atoms with van der Waals surface area (Å²) >= 11 is 0. The Kier molecular flexibility index (Phi) is 4.68. The molecule has 1 heterocycles. The number of nitrogens with one attached hydrogen (secondary N) is 1. The van der Waals surface area contributed by atoms with Gasteiger partial charge in [-0.2, -0.15) is 4.80 Å². The Morgan fingerprint density at radius 3 is 2.31 bits per heavy atom. The molecule has 0 aliphatic rings. The summed E-state index contributed by atoms with van der Waals surface area (Å²) in [6.07, 6.45) is 0. The maximum absolute atomic E-state index is 12.3. The van der Waals surface area contributed by atoms with Crippen LogP contribution in [0.15, 0.2) is 36.4 Å². The van der Waals surface area contributed by atoms with Crippen molar-refractivity contribution in [3.05, 3.63) is 42.0 Å². The summed E-state index contributed by atoms with van der Waals surface area (Å²) in [7, 11) is 0. The molecule has 0 spiro atoms. The van der Waals surface area contributed by atoms with E-state index in [0.29, 0.717) is 6.61 Å². The average Bonchev–Trinajstić information content (AvgIpc) is 2.98. The normalized spacial score (nSPS) is 11.6. The maximum Gasteiger partial charge on any atom is 0.229 e. The molecule has 3 rings (SSSR count). The summed E-state index contributed by atoms with van der Waals surface area (Å²) in [4.78, 5) is 13.9. The van der Waals surface area contributed by atoms with Crippen LogP contribution >= 0.6 is 0 Å². The molecule has 0 bridgehead atoms. The number of aromatic nitrogens is 3. The summed E-state index contributed by atoms with van der Waals surface area (Å²) < 4.78 is 5.46. The Labute approximate surface area is 153 Å². The number of carbonyl (C=O) groups excluding carboxylic acids is 1. The van der Waals surface area contributed by atoms with Crippen LogP contribution in [0, 0.1) is 12.3 Å². The molecule has 1 amide bonds. The first-order valence-electron chi connectivity index (χ1n) is 8.70. The van der Waals surface area contributed by atoms with E-state index in [0.717, 1.165) is 33.7 Å². The first kappa shape index (κ1) is 17.9. The molecule has 0 saturated carbocycles. The molecular formula is C20H24N4O2. The van der Waals surface area contributed by atoms with Gasteiger partial charge in [-0.25, -0.2) is 0 Å². The Bertz CT molecular complexity index is 937. The fourth-order valence-electron chi connectivity index (χ4n) is 2.47. The van der Waals surface area contributed by atoms with Crippen LogP contribution in [-0.2, 0) is 4.79 Å². The minimum absolute atomic E-state index is 0.0288. The Hall–Kier alpha value is -2.89. The summed E-state index contributed by atoms with van der Waals surface area (Å²) in [5, 5.41) is 12.1. The van der Waals surface area contributed by atoms with Crippen LogP contribution in [0.25, 0.3) is 16.7 Å². The second-order valence-corrected chi connectivity index (χ2v) is 7.28. The number of rotatable bonds is 4. The van der Waals surface area contributed by atoms with Gasteiger partial charge in [-0.3, -0.25) is 4.79 Å². The van der Waals surface area contributed by atoms with Gasteiger partial charge in [0.2, 0.25) is 5.91 Å². The van der Waals surface area contributed by atoms with Gasteiger partial charge in [0.25, 0.3) is 0 Å². The molecule has 0 aliphatic heterocycles. The lowest BCUT2D eigenvalue weighted by atomic mass is 9.95. The van der Waals surface area contributed by atoms with Crippen LogP contribution in [0.3, 0.4) is 0 Å². The molecular weight excluding hydrogens is 328 g/mol. The summed E-state index contributed by atoms with van der Waals surface area (Å²) in [5.41, 5.74) is 3.62. The minimum Gasteiger partial charge on any atom is -0.494 e. The molecule has 1 aromatic heterocycles. The zero-order valence-electron chi connectivity index (χ0n) is 15.8. The van der Waals surface area contributed by atoms with Gasteiger partial charge in [0.1, 0.15) is 16.8 Å². The van der Waals surface area contributed by atoms with Gasteiger partial charge in [-0.05, 0) is 55.8 Å². The van der Waals surface area contributed by atoms with Crippen molar-refractivity contribution in [3.8, 4) is 11.4 Å². The van der Waals surface area contributed by atoms with Crippen molar-refractivity contribution in [3.63, 3.8) is 0 Å². The van der Waals surface area contributed by atoms with E-state index in [4.69, 9.17) is 4.74 Å². The molecule has 6 nitrogen and oxygen atoms in total. The first-order valence-corrected chi connectivity index (χ1v) is 8.70. The third-order valence-electron chi connectivity index (χ3n) is 4.03. The zero-order valence-corrected chi connectivity index (χ0v) is 15.8. The third-order valence-corrected chi connectivity index (χ3v) is 4.03. The van der Waals surface area contributed by atoms with Crippen LogP contribution in [-0.4, -0.2) is 27.5 Å². The van der Waals surface area contributed by atoms with Crippen LogP contribution in [0.2, 0.25) is 0 Å². The zero-order chi connectivity index (χ0) is 18.9. The molecule has 0 aliphatic carbocycles. The predicted octanol–water partition coefficient (Wildman–Crippen LogP) is 4.11. The van der Waals surface area contributed by atoms with Gasteiger partial charge in [0.05, 0.1) is 12.3 Å². The summed E-state index contributed by atoms with van der Waals surface area (Å²) in [5.74, 6) is 0.787. The van der Waals surface area contributed by atoms with E-state index in [2.05, 4.69) is 15.5 Å². The fourth-order valence-corrected chi connectivity index (χ4v) is 2.47. The monoisotopic (exact) mass is 352 g/mol. The molecule has 2 aromatic carbocycles. The molecule has 0 fully saturated rings. The molecule has 26 heavy (non-hydrogen) atoms. The number of fused-ring (bicyclic) bond motifs is 1. The number of nitrogens with zero attached hydrogens (tertiary/aromatic N) is 3. The Morgan fingerprint density at radius 1 is 1.12 bits per heavy atom. The number of aryl methyl sites for hydroxylation is 1. The SMILES string of the molecule is CCOc1ccc(-n2nc3cc(C)c(NC(=O)C(C)(C)C)cc3n2)cc1. The first-order chi connectivity index (χ1) is 12.3. The van der Waals surface area contributed by atoms with E-state index in [1.54, 1.807) is 4.80 Å². The van der Waals surface area contributed by atoms with Gasteiger partial charge in [-0.1, -0.05) is 20.8 Å². The highest BCUT2D eigenvalue weighted by Crippen LogP contribution is 2.25. The molecule has 1 N–H and O–H groups in total. The van der Waals surface area contributed by atoms with Crippen LogP contribution in [0.1, 0.15) is 33.3 Å². The van der Waals surface area contributed by atoms with Crippen LogP contribution < -0.4 is 10.1 Å². The molecule has 6 heteroatoms. The van der Waals surface area contributed by atoms with Crippen molar-refractivity contribution in [2.24, 2.45) is 5.41 Å². The molecule has 0 atom stereocenters.